The number of carbonyl (C=O) groups is 2. The van der Waals surface area contributed by atoms with Crippen LogP contribution in [0.3, 0.4) is 0 Å². The maximum atomic E-state index is 11.9. The van der Waals surface area contributed by atoms with Crippen molar-refractivity contribution in [3.63, 3.8) is 0 Å². The molecule has 0 aromatic rings. The number of hydrogen-bond acceptors (Lipinski definition) is 3. The molecule has 2 atom stereocenters. The molecule has 0 saturated heterocycles. The molecular weight excluding hydrogens is 218 g/mol. The molecule has 0 aliphatic heterocycles. The van der Waals surface area contributed by atoms with E-state index in [2.05, 4.69) is 19.2 Å². The highest BCUT2D eigenvalue weighted by molar-refractivity contribution is 5.87. The van der Waals surface area contributed by atoms with E-state index in [1.807, 2.05) is 13.8 Å². The van der Waals surface area contributed by atoms with Crippen LogP contribution in [0, 0.1) is 17.3 Å². The average molecular weight is 241 g/mol. The van der Waals surface area contributed by atoms with Crippen LogP contribution in [-0.4, -0.2) is 25.0 Å². The van der Waals surface area contributed by atoms with Gasteiger partial charge < -0.3 is 10.1 Å². The van der Waals surface area contributed by atoms with Crippen LogP contribution >= 0.6 is 0 Å². The van der Waals surface area contributed by atoms with E-state index in [0.717, 1.165) is 6.42 Å². The SMILES string of the molecule is COC(=O)C(CC(C)C)NC(=O)C1CC1(C)C. The molecule has 4 heteroatoms. The molecule has 0 spiro atoms. The second-order valence-electron chi connectivity index (χ2n) is 5.96. The number of amides is 1. The lowest BCUT2D eigenvalue weighted by atomic mass is 10.0. The molecule has 0 aromatic carbocycles. The lowest BCUT2D eigenvalue weighted by Gasteiger charge is -2.18. The zero-order valence-corrected chi connectivity index (χ0v) is 11.4. The van der Waals surface area contributed by atoms with E-state index < -0.39 is 6.04 Å². The summed E-state index contributed by atoms with van der Waals surface area (Å²) in [5, 5.41) is 2.80. The highest BCUT2D eigenvalue weighted by atomic mass is 16.5. The molecule has 1 saturated carbocycles. The number of nitrogens with one attached hydrogen (secondary N) is 1. The third kappa shape index (κ3) is 3.72. The standard InChI is InChI=1S/C13H23NO3/c1-8(2)6-10(12(16)17-5)14-11(15)9-7-13(9,3)4/h8-10H,6-7H2,1-5H3,(H,14,15). The van der Waals surface area contributed by atoms with Crippen LogP contribution in [0.2, 0.25) is 0 Å². The molecule has 98 valence electrons. The van der Waals surface area contributed by atoms with E-state index in [9.17, 15) is 9.59 Å². The third-order valence-electron chi connectivity index (χ3n) is 3.34. The fourth-order valence-electron chi connectivity index (χ4n) is 2.01. The van der Waals surface area contributed by atoms with E-state index in [-0.39, 0.29) is 23.2 Å². The number of hydrogen-bond donors (Lipinski definition) is 1. The number of rotatable bonds is 5. The maximum Gasteiger partial charge on any atom is 0.328 e. The Labute approximate surface area is 103 Å². The van der Waals surface area contributed by atoms with Crippen molar-refractivity contribution >= 4 is 11.9 Å². The predicted molar refractivity (Wildman–Crippen MR) is 65.3 cm³/mol. The number of esters is 1. The summed E-state index contributed by atoms with van der Waals surface area (Å²) in [7, 11) is 1.35. The van der Waals surface area contributed by atoms with E-state index in [4.69, 9.17) is 4.74 Å². The summed E-state index contributed by atoms with van der Waals surface area (Å²) in [6, 6.07) is -0.510. The van der Waals surface area contributed by atoms with Gasteiger partial charge in [-0.2, -0.15) is 0 Å². The van der Waals surface area contributed by atoms with E-state index in [0.29, 0.717) is 12.3 Å². The number of methoxy groups -OCH3 is 1. The number of ether oxygens (including phenoxy) is 1. The van der Waals surface area contributed by atoms with Gasteiger partial charge in [-0.3, -0.25) is 4.79 Å². The Morgan fingerprint density at radius 2 is 1.94 bits per heavy atom. The van der Waals surface area contributed by atoms with E-state index >= 15 is 0 Å². The fraction of sp³-hybridized carbons (Fsp3) is 0.846. The Hall–Kier alpha value is -1.06. The van der Waals surface area contributed by atoms with Crippen LogP contribution in [0.4, 0.5) is 0 Å². The summed E-state index contributed by atoms with van der Waals surface area (Å²) in [6.07, 6.45) is 1.51. The first kappa shape index (κ1) is 14.0. The van der Waals surface area contributed by atoms with Crippen molar-refractivity contribution in [3.05, 3.63) is 0 Å². The van der Waals surface area contributed by atoms with Crippen LogP contribution in [0.1, 0.15) is 40.5 Å². The van der Waals surface area contributed by atoms with Crippen molar-refractivity contribution in [3.8, 4) is 0 Å². The number of carbonyl (C=O) groups excluding carboxylic acids is 2. The van der Waals surface area contributed by atoms with Crippen molar-refractivity contribution in [1.29, 1.82) is 0 Å². The summed E-state index contributed by atoms with van der Waals surface area (Å²) in [6.45, 7) is 8.16. The second-order valence-corrected chi connectivity index (χ2v) is 5.96. The second kappa shape index (κ2) is 5.07. The van der Waals surface area contributed by atoms with Crippen molar-refractivity contribution < 1.29 is 14.3 Å². The third-order valence-corrected chi connectivity index (χ3v) is 3.34. The molecule has 0 bridgehead atoms. The summed E-state index contributed by atoms with van der Waals surface area (Å²) in [5.74, 6) is 0.00462. The molecule has 1 fully saturated rings. The van der Waals surface area contributed by atoms with Crippen LogP contribution in [0.15, 0.2) is 0 Å². The topological polar surface area (TPSA) is 55.4 Å². The van der Waals surface area contributed by atoms with Crippen molar-refractivity contribution in [1.82, 2.24) is 5.32 Å². The monoisotopic (exact) mass is 241 g/mol. The van der Waals surface area contributed by atoms with Gasteiger partial charge in [0, 0.05) is 5.92 Å². The Kier molecular flexibility index (Phi) is 4.17. The Morgan fingerprint density at radius 1 is 1.41 bits per heavy atom. The van der Waals surface area contributed by atoms with Crippen LogP contribution in [0.5, 0.6) is 0 Å². The maximum absolute atomic E-state index is 11.9. The van der Waals surface area contributed by atoms with Crippen LogP contribution in [0.25, 0.3) is 0 Å². The van der Waals surface area contributed by atoms with Gasteiger partial charge in [0.1, 0.15) is 6.04 Å². The molecule has 0 aromatic heterocycles. The summed E-state index contributed by atoms with van der Waals surface area (Å²) >= 11 is 0. The van der Waals surface area contributed by atoms with Gasteiger partial charge >= 0.3 is 5.97 Å². The Morgan fingerprint density at radius 3 is 2.29 bits per heavy atom. The summed E-state index contributed by atoms with van der Waals surface area (Å²) in [4.78, 5) is 23.5. The fourth-order valence-corrected chi connectivity index (χ4v) is 2.01. The van der Waals surface area contributed by atoms with Gasteiger partial charge in [-0.05, 0) is 24.2 Å². The molecule has 2 unspecified atom stereocenters. The van der Waals surface area contributed by atoms with Gasteiger partial charge in [-0.15, -0.1) is 0 Å². The van der Waals surface area contributed by atoms with Crippen molar-refractivity contribution in [2.24, 2.45) is 17.3 Å². The van der Waals surface area contributed by atoms with E-state index in [1.165, 1.54) is 7.11 Å². The lowest BCUT2D eigenvalue weighted by molar-refractivity contribution is -0.145. The Balaban J connectivity index is 2.54. The first-order valence-electron chi connectivity index (χ1n) is 6.16. The molecule has 1 N–H and O–H groups in total. The normalized spacial score (nSPS) is 23.1. The molecule has 1 aliphatic rings. The molecule has 1 aliphatic carbocycles. The minimum absolute atomic E-state index is 0.0222. The summed E-state index contributed by atoms with van der Waals surface area (Å²) < 4.78 is 4.71. The van der Waals surface area contributed by atoms with Gasteiger partial charge in [0.05, 0.1) is 7.11 Å². The van der Waals surface area contributed by atoms with Crippen LogP contribution < -0.4 is 5.32 Å². The quantitative estimate of drug-likeness (QED) is 0.746. The molecule has 1 amide bonds. The smallest absolute Gasteiger partial charge is 0.328 e. The first-order chi connectivity index (χ1) is 7.77. The molecular formula is C13H23NO3. The zero-order chi connectivity index (χ0) is 13.2. The Bertz CT molecular complexity index is 310. The minimum atomic E-state index is -0.510. The van der Waals surface area contributed by atoms with Gasteiger partial charge in [-0.25, -0.2) is 4.79 Å². The largest absolute Gasteiger partial charge is 0.467 e. The minimum Gasteiger partial charge on any atom is -0.467 e. The van der Waals surface area contributed by atoms with Crippen molar-refractivity contribution in [2.75, 3.05) is 7.11 Å². The highest BCUT2D eigenvalue weighted by Crippen LogP contribution is 2.51. The van der Waals surface area contributed by atoms with Gasteiger partial charge in [0.25, 0.3) is 0 Å². The zero-order valence-electron chi connectivity index (χ0n) is 11.4. The van der Waals surface area contributed by atoms with Gasteiger partial charge in [0.2, 0.25) is 5.91 Å². The molecule has 1 rings (SSSR count). The highest BCUT2D eigenvalue weighted by Gasteiger charge is 2.51. The van der Waals surface area contributed by atoms with Gasteiger partial charge in [0.15, 0.2) is 0 Å². The average Bonchev–Trinajstić information content (AvgIpc) is 2.85. The molecule has 4 nitrogen and oxygen atoms in total. The molecule has 0 heterocycles. The van der Waals surface area contributed by atoms with Crippen molar-refractivity contribution in [2.45, 2.75) is 46.6 Å². The van der Waals surface area contributed by atoms with E-state index in [1.54, 1.807) is 0 Å². The summed E-state index contributed by atoms with van der Waals surface area (Å²) in [5.41, 5.74) is 0.0859. The predicted octanol–water partition coefficient (Wildman–Crippen LogP) is 1.74. The first-order valence-corrected chi connectivity index (χ1v) is 6.16. The van der Waals surface area contributed by atoms with Crippen LogP contribution in [-0.2, 0) is 14.3 Å². The molecule has 0 radical (unpaired) electrons. The lowest BCUT2D eigenvalue weighted by Crippen LogP contribution is -2.43. The molecule has 17 heavy (non-hydrogen) atoms. The van der Waals surface area contributed by atoms with Gasteiger partial charge in [-0.1, -0.05) is 27.7 Å².